The van der Waals surface area contributed by atoms with Gasteiger partial charge in [0.25, 0.3) is 0 Å². The first-order valence-electron chi connectivity index (χ1n) is 4.89. The van der Waals surface area contributed by atoms with E-state index in [0.29, 0.717) is 6.54 Å². The van der Waals surface area contributed by atoms with Gasteiger partial charge in [-0.15, -0.1) is 0 Å². The van der Waals surface area contributed by atoms with Crippen molar-refractivity contribution in [2.45, 2.75) is 30.7 Å². The molecule has 90 valence electrons. The van der Waals surface area contributed by atoms with Crippen LogP contribution in [-0.4, -0.2) is 53.0 Å². The Bertz CT molecular complexity index is 222. The van der Waals surface area contributed by atoms with Gasteiger partial charge < -0.3 is 15.3 Å². The predicted molar refractivity (Wildman–Crippen MR) is 65.2 cm³/mol. The second-order valence-electron chi connectivity index (χ2n) is 4.89. The van der Waals surface area contributed by atoms with Crippen molar-refractivity contribution in [3.05, 3.63) is 0 Å². The van der Waals surface area contributed by atoms with Crippen LogP contribution < -0.4 is 5.32 Å². The molecule has 0 aliphatic heterocycles. The highest BCUT2D eigenvalue weighted by Gasteiger charge is 2.27. The van der Waals surface area contributed by atoms with Gasteiger partial charge in [0, 0.05) is 13.1 Å². The Morgan fingerprint density at radius 2 is 1.87 bits per heavy atom. The van der Waals surface area contributed by atoms with Gasteiger partial charge in [-0.1, -0.05) is 15.9 Å². The Balaban J connectivity index is 4.10. The highest BCUT2D eigenvalue weighted by atomic mass is 79.9. The highest BCUT2D eigenvalue weighted by molar-refractivity contribution is 9.10. The number of carbonyl (C=O) groups is 1. The van der Waals surface area contributed by atoms with Crippen LogP contribution in [0.3, 0.4) is 0 Å². The van der Waals surface area contributed by atoms with E-state index in [1.807, 2.05) is 19.0 Å². The lowest BCUT2D eigenvalue weighted by Crippen LogP contribution is -2.50. The minimum absolute atomic E-state index is 0.124. The van der Waals surface area contributed by atoms with Gasteiger partial charge in [0.05, 0.1) is 9.93 Å². The summed E-state index contributed by atoms with van der Waals surface area (Å²) in [5.41, 5.74) is -0.905. The van der Waals surface area contributed by atoms with E-state index < -0.39 is 9.93 Å². The molecule has 1 atom stereocenters. The SMILES string of the molecule is CN(C)CC(C)(O)CNC(=O)C(C)(C)Br. The van der Waals surface area contributed by atoms with E-state index in [1.165, 1.54) is 0 Å². The zero-order chi connectivity index (χ0) is 12.3. The molecule has 0 aromatic carbocycles. The van der Waals surface area contributed by atoms with Crippen LogP contribution in [0.1, 0.15) is 20.8 Å². The molecule has 0 aliphatic rings. The molecule has 0 aromatic rings. The van der Waals surface area contributed by atoms with E-state index in [4.69, 9.17) is 0 Å². The van der Waals surface area contributed by atoms with Crippen molar-refractivity contribution in [3.63, 3.8) is 0 Å². The van der Waals surface area contributed by atoms with Crippen molar-refractivity contribution in [1.82, 2.24) is 10.2 Å². The fourth-order valence-corrected chi connectivity index (χ4v) is 1.36. The number of halogens is 1. The average molecular weight is 281 g/mol. The number of alkyl halides is 1. The first-order valence-corrected chi connectivity index (χ1v) is 5.68. The number of hydrogen-bond acceptors (Lipinski definition) is 3. The smallest absolute Gasteiger partial charge is 0.236 e. The maximum Gasteiger partial charge on any atom is 0.236 e. The molecule has 15 heavy (non-hydrogen) atoms. The van der Waals surface area contributed by atoms with Crippen LogP contribution in [0, 0.1) is 0 Å². The molecule has 0 fully saturated rings. The monoisotopic (exact) mass is 280 g/mol. The summed E-state index contributed by atoms with van der Waals surface area (Å²) in [7, 11) is 3.76. The number of aliphatic hydroxyl groups is 1. The molecule has 4 nitrogen and oxygen atoms in total. The van der Waals surface area contributed by atoms with Gasteiger partial charge in [0.15, 0.2) is 0 Å². The molecule has 0 spiro atoms. The van der Waals surface area contributed by atoms with Crippen LogP contribution in [-0.2, 0) is 4.79 Å². The van der Waals surface area contributed by atoms with Gasteiger partial charge in [-0.2, -0.15) is 0 Å². The third-order valence-electron chi connectivity index (χ3n) is 1.83. The lowest BCUT2D eigenvalue weighted by Gasteiger charge is -2.28. The molecule has 0 aromatic heterocycles. The fourth-order valence-electron chi connectivity index (χ4n) is 1.22. The number of amides is 1. The lowest BCUT2D eigenvalue weighted by molar-refractivity contribution is -0.123. The van der Waals surface area contributed by atoms with E-state index in [0.717, 1.165) is 0 Å². The minimum atomic E-state index is -0.905. The number of likely N-dealkylation sites (N-methyl/N-ethyl adjacent to an activating group) is 1. The summed E-state index contributed by atoms with van der Waals surface area (Å²) in [5, 5.41) is 12.6. The zero-order valence-electron chi connectivity index (χ0n) is 10.1. The first-order chi connectivity index (χ1) is 6.54. The van der Waals surface area contributed by atoms with E-state index >= 15 is 0 Å². The van der Waals surface area contributed by atoms with Crippen molar-refractivity contribution < 1.29 is 9.90 Å². The minimum Gasteiger partial charge on any atom is -0.387 e. The molecule has 0 saturated heterocycles. The Morgan fingerprint density at radius 3 is 2.20 bits per heavy atom. The third kappa shape index (κ3) is 6.87. The fraction of sp³-hybridized carbons (Fsp3) is 0.900. The third-order valence-corrected chi connectivity index (χ3v) is 2.19. The zero-order valence-corrected chi connectivity index (χ0v) is 11.7. The number of nitrogens with zero attached hydrogens (tertiary/aromatic N) is 1. The molecule has 2 N–H and O–H groups in total. The standard InChI is InChI=1S/C10H21BrN2O2/c1-9(2,11)8(14)12-6-10(3,15)7-13(4)5/h15H,6-7H2,1-5H3,(H,12,14). The molecule has 1 amide bonds. The van der Waals surface area contributed by atoms with E-state index in [9.17, 15) is 9.90 Å². The van der Waals surface area contributed by atoms with Gasteiger partial charge in [0.2, 0.25) is 5.91 Å². The molecule has 5 heteroatoms. The molecule has 0 aliphatic carbocycles. The summed E-state index contributed by atoms with van der Waals surface area (Å²) in [4.78, 5) is 13.4. The van der Waals surface area contributed by atoms with E-state index in [-0.39, 0.29) is 12.5 Å². The summed E-state index contributed by atoms with van der Waals surface area (Å²) >= 11 is 3.26. The van der Waals surface area contributed by atoms with Crippen LogP contribution in [0.4, 0.5) is 0 Å². The largest absolute Gasteiger partial charge is 0.387 e. The molecule has 0 radical (unpaired) electrons. The molecule has 0 bridgehead atoms. The molecule has 0 rings (SSSR count). The lowest BCUT2D eigenvalue weighted by atomic mass is 10.1. The molecular weight excluding hydrogens is 260 g/mol. The Hall–Kier alpha value is -0.130. The Labute approximate surface area is 100 Å². The van der Waals surface area contributed by atoms with Gasteiger partial charge in [-0.05, 0) is 34.9 Å². The second kappa shape index (κ2) is 5.27. The van der Waals surface area contributed by atoms with Crippen molar-refractivity contribution >= 4 is 21.8 Å². The molecule has 1 unspecified atom stereocenters. The van der Waals surface area contributed by atoms with Crippen LogP contribution in [0.15, 0.2) is 0 Å². The van der Waals surface area contributed by atoms with Gasteiger partial charge >= 0.3 is 0 Å². The summed E-state index contributed by atoms with van der Waals surface area (Å²) in [6, 6.07) is 0. The van der Waals surface area contributed by atoms with Crippen molar-refractivity contribution in [2.24, 2.45) is 0 Å². The van der Waals surface area contributed by atoms with Crippen LogP contribution in [0.2, 0.25) is 0 Å². The summed E-state index contributed by atoms with van der Waals surface area (Å²) in [6.07, 6.45) is 0. The van der Waals surface area contributed by atoms with E-state index in [2.05, 4.69) is 21.2 Å². The molecule has 0 heterocycles. The number of carbonyl (C=O) groups excluding carboxylic acids is 1. The maximum absolute atomic E-state index is 11.5. The topological polar surface area (TPSA) is 52.6 Å². The number of nitrogens with one attached hydrogen (secondary N) is 1. The number of hydrogen-bond donors (Lipinski definition) is 2. The Morgan fingerprint density at radius 1 is 1.40 bits per heavy atom. The summed E-state index contributed by atoms with van der Waals surface area (Å²) in [5.74, 6) is -0.124. The molecular formula is C10H21BrN2O2. The van der Waals surface area contributed by atoms with Crippen molar-refractivity contribution in [2.75, 3.05) is 27.2 Å². The van der Waals surface area contributed by atoms with E-state index in [1.54, 1.807) is 20.8 Å². The summed E-state index contributed by atoms with van der Waals surface area (Å²) in [6.45, 7) is 6.00. The quantitative estimate of drug-likeness (QED) is 0.725. The second-order valence-corrected chi connectivity index (χ2v) is 6.87. The summed E-state index contributed by atoms with van der Waals surface area (Å²) < 4.78 is -0.596. The van der Waals surface area contributed by atoms with Crippen LogP contribution in [0.25, 0.3) is 0 Å². The van der Waals surface area contributed by atoms with Gasteiger partial charge in [-0.3, -0.25) is 4.79 Å². The normalized spacial score (nSPS) is 16.3. The maximum atomic E-state index is 11.5. The molecule has 0 saturated carbocycles. The Kier molecular flexibility index (Phi) is 5.23. The number of rotatable bonds is 5. The average Bonchev–Trinajstić information content (AvgIpc) is 1.95. The van der Waals surface area contributed by atoms with Gasteiger partial charge in [0.1, 0.15) is 0 Å². The van der Waals surface area contributed by atoms with Gasteiger partial charge in [-0.25, -0.2) is 0 Å². The van der Waals surface area contributed by atoms with Crippen molar-refractivity contribution in [3.8, 4) is 0 Å². The van der Waals surface area contributed by atoms with Crippen molar-refractivity contribution in [1.29, 1.82) is 0 Å². The first kappa shape index (κ1) is 14.9. The predicted octanol–water partition coefficient (Wildman–Crippen LogP) is 0.589. The highest BCUT2D eigenvalue weighted by Crippen LogP contribution is 2.15. The van der Waals surface area contributed by atoms with Crippen LogP contribution >= 0.6 is 15.9 Å². The van der Waals surface area contributed by atoms with Crippen LogP contribution in [0.5, 0.6) is 0 Å².